The molecule has 3 heteroatoms. The van der Waals surface area contributed by atoms with Gasteiger partial charge < -0.3 is 0 Å². The van der Waals surface area contributed by atoms with Crippen LogP contribution in [0.15, 0.2) is 29.6 Å². The van der Waals surface area contributed by atoms with Gasteiger partial charge in [-0.15, -0.1) is 11.3 Å². The summed E-state index contributed by atoms with van der Waals surface area (Å²) in [5, 5.41) is 2.17. The summed E-state index contributed by atoms with van der Waals surface area (Å²) in [5.74, 6) is 5.71. The first-order valence-electron chi connectivity index (χ1n) is 5.70. The standard InChI is InChI=1S/C14H18N2S/c1-9-4-5-13(10(2)6-9)14(16-15)12-7-11(3)17-8-12/h4-8,14,16H,15H2,1-3H3. The molecule has 0 aliphatic rings. The van der Waals surface area contributed by atoms with Gasteiger partial charge >= 0.3 is 0 Å². The average molecular weight is 246 g/mol. The number of aryl methyl sites for hydroxylation is 3. The van der Waals surface area contributed by atoms with Crippen molar-refractivity contribution in [1.82, 2.24) is 5.43 Å². The monoisotopic (exact) mass is 246 g/mol. The van der Waals surface area contributed by atoms with E-state index in [0.717, 1.165) is 0 Å². The molecule has 0 saturated heterocycles. The fourth-order valence-corrected chi connectivity index (χ4v) is 2.86. The van der Waals surface area contributed by atoms with Gasteiger partial charge in [0.25, 0.3) is 0 Å². The molecule has 0 spiro atoms. The third kappa shape index (κ3) is 2.57. The molecule has 0 amide bonds. The summed E-state index contributed by atoms with van der Waals surface area (Å²) in [7, 11) is 0. The fourth-order valence-electron chi connectivity index (χ4n) is 2.13. The first-order valence-corrected chi connectivity index (χ1v) is 6.58. The van der Waals surface area contributed by atoms with Crippen LogP contribution in [0.4, 0.5) is 0 Å². The SMILES string of the molecule is Cc1ccc(C(NN)c2csc(C)c2)c(C)c1. The van der Waals surface area contributed by atoms with E-state index in [0.29, 0.717) is 0 Å². The summed E-state index contributed by atoms with van der Waals surface area (Å²) >= 11 is 1.76. The lowest BCUT2D eigenvalue weighted by Crippen LogP contribution is -2.29. The molecule has 1 unspecified atom stereocenters. The Morgan fingerprint density at radius 1 is 1.18 bits per heavy atom. The zero-order chi connectivity index (χ0) is 12.4. The third-order valence-electron chi connectivity index (χ3n) is 2.99. The van der Waals surface area contributed by atoms with Crippen molar-refractivity contribution in [3.8, 4) is 0 Å². The second-order valence-corrected chi connectivity index (χ2v) is 5.57. The lowest BCUT2D eigenvalue weighted by molar-refractivity contribution is 0.635. The highest BCUT2D eigenvalue weighted by atomic mass is 32.1. The molecule has 1 aromatic heterocycles. The molecule has 0 radical (unpaired) electrons. The van der Waals surface area contributed by atoms with Gasteiger partial charge in [0.15, 0.2) is 0 Å². The van der Waals surface area contributed by atoms with E-state index in [1.54, 1.807) is 11.3 Å². The van der Waals surface area contributed by atoms with Crippen molar-refractivity contribution in [3.63, 3.8) is 0 Å². The van der Waals surface area contributed by atoms with Crippen LogP contribution in [-0.2, 0) is 0 Å². The summed E-state index contributed by atoms with van der Waals surface area (Å²) in [6.07, 6.45) is 0. The molecule has 3 N–H and O–H groups in total. The van der Waals surface area contributed by atoms with Crippen LogP contribution >= 0.6 is 11.3 Å². The van der Waals surface area contributed by atoms with Crippen molar-refractivity contribution in [3.05, 3.63) is 56.8 Å². The van der Waals surface area contributed by atoms with Crippen LogP contribution in [-0.4, -0.2) is 0 Å². The first kappa shape index (κ1) is 12.3. The molecule has 2 rings (SSSR count). The highest BCUT2D eigenvalue weighted by Crippen LogP contribution is 2.28. The molecule has 1 atom stereocenters. The van der Waals surface area contributed by atoms with Crippen LogP contribution in [0.3, 0.4) is 0 Å². The van der Waals surface area contributed by atoms with Gasteiger partial charge in [0, 0.05) is 4.88 Å². The largest absolute Gasteiger partial charge is 0.271 e. The lowest BCUT2D eigenvalue weighted by atomic mass is 9.96. The molecule has 0 saturated carbocycles. The van der Waals surface area contributed by atoms with E-state index < -0.39 is 0 Å². The molecule has 0 fully saturated rings. The molecular weight excluding hydrogens is 228 g/mol. The smallest absolute Gasteiger partial charge is 0.0720 e. The molecule has 17 heavy (non-hydrogen) atoms. The van der Waals surface area contributed by atoms with Crippen LogP contribution < -0.4 is 11.3 Å². The van der Waals surface area contributed by atoms with Crippen molar-refractivity contribution in [2.24, 2.45) is 5.84 Å². The van der Waals surface area contributed by atoms with Crippen LogP contribution in [0, 0.1) is 20.8 Å². The zero-order valence-electron chi connectivity index (χ0n) is 10.4. The Labute approximate surface area is 106 Å². The molecule has 0 aliphatic carbocycles. The van der Waals surface area contributed by atoms with Gasteiger partial charge in [-0.3, -0.25) is 5.84 Å². The quantitative estimate of drug-likeness (QED) is 0.644. The van der Waals surface area contributed by atoms with E-state index in [2.05, 4.69) is 55.8 Å². The number of benzene rings is 1. The van der Waals surface area contributed by atoms with E-state index in [-0.39, 0.29) is 6.04 Å². The van der Waals surface area contributed by atoms with Crippen LogP contribution in [0.5, 0.6) is 0 Å². The molecule has 1 aromatic carbocycles. The number of hydrogen-bond donors (Lipinski definition) is 2. The number of nitrogens with one attached hydrogen (secondary N) is 1. The van der Waals surface area contributed by atoms with Crippen LogP contribution in [0.25, 0.3) is 0 Å². The first-order chi connectivity index (χ1) is 8.11. The lowest BCUT2D eigenvalue weighted by Gasteiger charge is -2.18. The molecular formula is C14H18N2S. The summed E-state index contributed by atoms with van der Waals surface area (Å²) in [6, 6.07) is 8.75. The number of hydrazine groups is 1. The molecule has 2 aromatic rings. The minimum absolute atomic E-state index is 0.0838. The average Bonchev–Trinajstić information content (AvgIpc) is 2.69. The third-order valence-corrected chi connectivity index (χ3v) is 3.87. The van der Waals surface area contributed by atoms with E-state index in [1.165, 1.54) is 27.1 Å². The van der Waals surface area contributed by atoms with Gasteiger partial charge in [-0.25, -0.2) is 5.43 Å². The number of rotatable bonds is 3. The predicted molar refractivity (Wildman–Crippen MR) is 74.1 cm³/mol. The van der Waals surface area contributed by atoms with Gasteiger partial charge in [0.1, 0.15) is 0 Å². The molecule has 2 nitrogen and oxygen atoms in total. The van der Waals surface area contributed by atoms with E-state index in [1.807, 2.05) is 0 Å². The van der Waals surface area contributed by atoms with Crippen molar-refractivity contribution in [2.45, 2.75) is 26.8 Å². The second-order valence-electron chi connectivity index (χ2n) is 4.45. The Bertz CT molecular complexity index is 517. The molecule has 0 aliphatic heterocycles. The van der Waals surface area contributed by atoms with Crippen LogP contribution in [0.1, 0.15) is 33.2 Å². The fraction of sp³-hybridized carbons (Fsp3) is 0.286. The van der Waals surface area contributed by atoms with Crippen molar-refractivity contribution >= 4 is 11.3 Å². The number of thiophene rings is 1. The Kier molecular flexibility index (Phi) is 3.62. The van der Waals surface area contributed by atoms with E-state index >= 15 is 0 Å². The van der Waals surface area contributed by atoms with E-state index in [4.69, 9.17) is 5.84 Å². The van der Waals surface area contributed by atoms with E-state index in [9.17, 15) is 0 Å². The van der Waals surface area contributed by atoms with Gasteiger partial charge in [0.05, 0.1) is 6.04 Å². The van der Waals surface area contributed by atoms with Crippen LogP contribution in [0.2, 0.25) is 0 Å². The summed E-state index contributed by atoms with van der Waals surface area (Å²) in [6.45, 7) is 6.35. The summed E-state index contributed by atoms with van der Waals surface area (Å²) in [5.41, 5.74) is 7.95. The Balaban J connectivity index is 2.42. The number of hydrogen-bond acceptors (Lipinski definition) is 3. The Hall–Kier alpha value is -1.16. The van der Waals surface area contributed by atoms with Gasteiger partial charge in [-0.1, -0.05) is 23.8 Å². The van der Waals surface area contributed by atoms with Crippen molar-refractivity contribution in [2.75, 3.05) is 0 Å². The van der Waals surface area contributed by atoms with Crippen molar-refractivity contribution in [1.29, 1.82) is 0 Å². The summed E-state index contributed by atoms with van der Waals surface area (Å²) in [4.78, 5) is 1.31. The Morgan fingerprint density at radius 3 is 2.47 bits per heavy atom. The maximum atomic E-state index is 5.71. The minimum atomic E-state index is 0.0838. The predicted octanol–water partition coefficient (Wildman–Crippen LogP) is 3.23. The molecule has 0 bridgehead atoms. The molecule has 90 valence electrons. The van der Waals surface area contributed by atoms with Gasteiger partial charge in [0.2, 0.25) is 0 Å². The molecule has 1 heterocycles. The maximum Gasteiger partial charge on any atom is 0.0720 e. The number of nitrogens with two attached hydrogens (primary N) is 1. The highest BCUT2D eigenvalue weighted by molar-refractivity contribution is 7.10. The minimum Gasteiger partial charge on any atom is -0.271 e. The normalized spacial score (nSPS) is 12.7. The second kappa shape index (κ2) is 5.00. The highest BCUT2D eigenvalue weighted by Gasteiger charge is 2.15. The topological polar surface area (TPSA) is 38.0 Å². The Morgan fingerprint density at radius 2 is 1.94 bits per heavy atom. The zero-order valence-corrected chi connectivity index (χ0v) is 11.3. The summed E-state index contributed by atoms with van der Waals surface area (Å²) < 4.78 is 0. The van der Waals surface area contributed by atoms with Gasteiger partial charge in [-0.2, -0.15) is 0 Å². The van der Waals surface area contributed by atoms with Gasteiger partial charge in [-0.05, 0) is 48.9 Å². The maximum absolute atomic E-state index is 5.71. The van der Waals surface area contributed by atoms with Crippen molar-refractivity contribution < 1.29 is 0 Å².